The van der Waals surface area contributed by atoms with Crippen molar-refractivity contribution >= 4 is 11.0 Å². The number of hydrogen-bond donors (Lipinski definition) is 1. The molecule has 2 aromatic heterocycles. The van der Waals surface area contributed by atoms with Gasteiger partial charge in [0.25, 0.3) is 0 Å². The zero-order valence-electron chi connectivity index (χ0n) is 11.1. The van der Waals surface area contributed by atoms with Crippen LogP contribution in [0.15, 0.2) is 53.4 Å². The van der Waals surface area contributed by atoms with Gasteiger partial charge in [-0.25, -0.2) is 0 Å². The smallest absolute Gasteiger partial charge is 0.134 e. The van der Waals surface area contributed by atoms with Crippen molar-refractivity contribution < 1.29 is 4.42 Å². The molecule has 0 radical (unpaired) electrons. The fourth-order valence-corrected chi connectivity index (χ4v) is 2.46. The lowest BCUT2D eigenvalue weighted by atomic mass is 9.99. The van der Waals surface area contributed by atoms with E-state index in [9.17, 15) is 0 Å². The minimum atomic E-state index is 0.0936. The molecule has 1 unspecified atom stereocenters. The summed E-state index contributed by atoms with van der Waals surface area (Å²) in [6.45, 7) is 2.05. The van der Waals surface area contributed by atoms with Crippen molar-refractivity contribution in [1.29, 1.82) is 0 Å². The first-order valence-corrected chi connectivity index (χ1v) is 6.34. The second-order valence-electron chi connectivity index (χ2n) is 4.70. The van der Waals surface area contributed by atoms with Crippen LogP contribution in [-0.4, -0.2) is 12.0 Å². The fourth-order valence-electron chi connectivity index (χ4n) is 2.46. The number of hydrogen-bond acceptors (Lipinski definition) is 3. The van der Waals surface area contributed by atoms with E-state index in [-0.39, 0.29) is 6.04 Å². The highest BCUT2D eigenvalue weighted by molar-refractivity contribution is 5.81. The molecule has 2 heterocycles. The average Bonchev–Trinajstić information content (AvgIpc) is 2.84. The Kier molecular flexibility index (Phi) is 3.05. The van der Waals surface area contributed by atoms with Gasteiger partial charge >= 0.3 is 0 Å². The van der Waals surface area contributed by atoms with Crippen molar-refractivity contribution in [3.05, 3.63) is 65.7 Å². The molecule has 0 fully saturated rings. The number of nitrogens with zero attached hydrogens (tertiary/aromatic N) is 1. The summed E-state index contributed by atoms with van der Waals surface area (Å²) in [5.74, 6) is 0. The topological polar surface area (TPSA) is 38.1 Å². The highest BCUT2D eigenvalue weighted by atomic mass is 16.3. The molecular formula is C16H16N2O. The Morgan fingerprint density at radius 3 is 2.84 bits per heavy atom. The first-order valence-electron chi connectivity index (χ1n) is 6.34. The van der Waals surface area contributed by atoms with E-state index in [0.717, 1.165) is 27.7 Å². The molecule has 1 atom stereocenters. The van der Waals surface area contributed by atoms with E-state index in [2.05, 4.69) is 29.4 Å². The highest BCUT2D eigenvalue weighted by Crippen LogP contribution is 2.30. The van der Waals surface area contributed by atoms with Gasteiger partial charge in [0.1, 0.15) is 5.58 Å². The Balaban J connectivity index is 2.12. The van der Waals surface area contributed by atoms with Crippen LogP contribution >= 0.6 is 0 Å². The summed E-state index contributed by atoms with van der Waals surface area (Å²) in [5.41, 5.74) is 4.36. The van der Waals surface area contributed by atoms with Crippen LogP contribution in [-0.2, 0) is 0 Å². The molecule has 3 aromatic rings. The van der Waals surface area contributed by atoms with E-state index in [0.29, 0.717) is 0 Å². The molecule has 0 aliphatic heterocycles. The number of aryl methyl sites for hydroxylation is 1. The predicted octanol–water partition coefficient (Wildman–Crippen LogP) is 3.45. The van der Waals surface area contributed by atoms with Gasteiger partial charge in [-0.3, -0.25) is 4.98 Å². The van der Waals surface area contributed by atoms with E-state index >= 15 is 0 Å². The molecule has 3 rings (SSSR count). The first kappa shape index (κ1) is 11.9. The van der Waals surface area contributed by atoms with Crippen LogP contribution in [0.5, 0.6) is 0 Å². The largest absolute Gasteiger partial charge is 0.464 e. The Bertz CT molecular complexity index is 703. The molecule has 19 heavy (non-hydrogen) atoms. The summed E-state index contributed by atoms with van der Waals surface area (Å²) in [7, 11) is 1.95. The maximum absolute atomic E-state index is 5.62. The van der Waals surface area contributed by atoms with Crippen molar-refractivity contribution in [3.8, 4) is 0 Å². The number of pyridine rings is 1. The minimum Gasteiger partial charge on any atom is -0.464 e. The summed E-state index contributed by atoms with van der Waals surface area (Å²) in [6.07, 6.45) is 5.59. The molecule has 1 aromatic carbocycles. The van der Waals surface area contributed by atoms with Gasteiger partial charge in [-0.05, 0) is 31.2 Å². The fraction of sp³-hybridized carbons (Fsp3) is 0.188. The molecule has 96 valence electrons. The number of para-hydroxylation sites is 1. The maximum Gasteiger partial charge on any atom is 0.134 e. The van der Waals surface area contributed by atoms with E-state index in [4.69, 9.17) is 4.42 Å². The third-order valence-corrected chi connectivity index (χ3v) is 3.34. The van der Waals surface area contributed by atoms with E-state index < -0.39 is 0 Å². The molecule has 0 spiro atoms. The second kappa shape index (κ2) is 4.86. The van der Waals surface area contributed by atoms with E-state index in [1.165, 1.54) is 0 Å². The quantitative estimate of drug-likeness (QED) is 0.776. The van der Waals surface area contributed by atoms with Gasteiger partial charge in [0.05, 0.1) is 12.3 Å². The van der Waals surface area contributed by atoms with Gasteiger partial charge in [-0.2, -0.15) is 0 Å². The Labute approximate surface area is 112 Å². The predicted molar refractivity (Wildman–Crippen MR) is 76.1 cm³/mol. The third kappa shape index (κ3) is 2.13. The number of benzene rings is 1. The SMILES string of the molecule is CNC(c1cncc(C)c1)c1coc2ccccc12. The van der Waals surface area contributed by atoms with Gasteiger partial charge in [0.15, 0.2) is 0 Å². The van der Waals surface area contributed by atoms with Crippen LogP contribution in [0.3, 0.4) is 0 Å². The Morgan fingerprint density at radius 2 is 2.05 bits per heavy atom. The standard InChI is InChI=1S/C16H16N2O/c1-11-7-12(9-18-8-11)16(17-2)14-10-19-15-6-4-3-5-13(14)15/h3-10,16-17H,1-2H3. The first-order chi connectivity index (χ1) is 9.29. The van der Waals surface area contributed by atoms with E-state index in [1.807, 2.05) is 43.9 Å². The van der Waals surface area contributed by atoms with Crippen LogP contribution in [0.2, 0.25) is 0 Å². The van der Waals surface area contributed by atoms with Crippen molar-refractivity contribution in [1.82, 2.24) is 10.3 Å². The van der Waals surface area contributed by atoms with Crippen molar-refractivity contribution in [2.24, 2.45) is 0 Å². The molecule has 0 amide bonds. The van der Waals surface area contributed by atoms with Gasteiger partial charge in [-0.1, -0.05) is 24.3 Å². The monoisotopic (exact) mass is 252 g/mol. The average molecular weight is 252 g/mol. The van der Waals surface area contributed by atoms with Crippen molar-refractivity contribution in [2.45, 2.75) is 13.0 Å². The zero-order chi connectivity index (χ0) is 13.2. The second-order valence-corrected chi connectivity index (χ2v) is 4.70. The molecule has 1 N–H and O–H groups in total. The molecule has 0 aliphatic carbocycles. The molecular weight excluding hydrogens is 236 g/mol. The third-order valence-electron chi connectivity index (χ3n) is 3.34. The minimum absolute atomic E-state index is 0.0936. The number of aromatic nitrogens is 1. The number of rotatable bonds is 3. The van der Waals surface area contributed by atoms with Gasteiger partial charge in [0, 0.05) is 23.3 Å². The van der Waals surface area contributed by atoms with Crippen molar-refractivity contribution in [3.63, 3.8) is 0 Å². The molecule has 0 saturated heterocycles. The summed E-state index contributed by atoms with van der Waals surface area (Å²) in [5, 5.41) is 4.48. The van der Waals surface area contributed by atoms with Crippen LogP contribution in [0.4, 0.5) is 0 Å². The van der Waals surface area contributed by atoms with Crippen LogP contribution < -0.4 is 5.32 Å². The molecule has 0 saturated carbocycles. The Hall–Kier alpha value is -2.13. The summed E-state index contributed by atoms with van der Waals surface area (Å²) in [4.78, 5) is 4.27. The van der Waals surface area contributed by atoms with Crippen LogP contribution in [0, 0.1) is 6.92 Å². The molecule has 0 aliphatic rings. The Morgan fingerprint density at radius 1 is 1.21 bits per heavy atom. The molecule has 3 heteroatoms. The molecule has 0 bridgehead atoms. The molecule has 3 nitrogen and oxygen atoms in total. The lowest BCUT2D eigenvalue weighted by Gasteiger charge is -2.15. The maximum atomic E-state index is 5.62. The van der Waals surface area contributed by atoms with Crippen molar-refractivity contribution in [2.75, 3.05) is 7.05 Å². The number of furan rings is 1. The summed E-state index contributed by atoms with van der Waals surface area (Å²) in [6, 6.07) is 10.3. The highest BCUT2D eigenvalue weighted by Gasteiger charge is 2.17. The van der Waals surface area contributed by atoms with Gasteiger partial charge in [-0.15, -0.1) is 0 Å². The summed E-state index contributed by atoms with van der Waals surface area (Å²) < 4.78 is 5.62. The number of fused-ring (bicyclic) bond motifs is 1. The van der Waals surface area contributed by atoms with Gasteiger partial charge < -0.3 is 9.73 Å². The zero-order valence-corrected chi connectivity index (χ0v) is 11.1. The lowest BCUT2D eigenvalue weighted by Crippen LogP contribution is -2.17. The van der Waals surface area contributed by atoms with E-state index in [1.54, 1.807) is 0 Å². The summed E-state index contributed by atoms with van der Waals surface area (Å²) >= 11 is 0. The van der Waals surface area contributed by atoms with Crippen LogP contribution in [0.25, 0.3) is 11.0 Å². The lowest BCUT2D eigenvalue weighted by molar-refractivity contribution is 0.596. The van der Waals surface area contributed by atoms with Crippen LogP contribution in [0.1, 0.15) is 22.7 Å². The number of nitrogens with one attached hydrogen (secondary N) is 1. The normalized spacial score (nSPS) is 12.7. The van der Waals surface area contributed by atoms with Gasteiger partial charge in [0.2, 0.25) is 0 Å².